The van der Waals surface area contributed by atoms with Gasteiger partial charge in [0, 0.05) is 12.1 Å². The van der Waals surface area contributed by atoms with Gasteiger partial charge in [-0.2, -0.15) is 0 Å². The number of fused-ring (bicyclic) bond motifs is 1. The first-order valence-corrected chi connectivity index (χ1v) is 8.07. The summed E-state index contributed by atoms with van der Waals surface area (Å²) in [5, 5.41) is 3.16. The third kappa shape index (κ3) is 3.99. The molecule has 0 saturated carbocycles. The lowest BCUT2D eigenvalue weighted by Gasteiger charge is -2.20. The minimum atomic E-state index is -0.616. The van der Waals surface area contributed by atoms with E-state index >= 15 is 0 Å². The van der Waals surface area contributed by atoms with E-state index in [1.807, 2.05) is 30.3 Å². The monoisotopic (exact) mass is 347 g/mol. The molecule has 0 saturated heterocycles. The predicted molar refractivity (Wildman–Crippen MR) is 91.8 cm³/mol. The summed E-state index contributed by atoms with van der Waals surface area (Å²) in [7, 11) is 0. The van der Waals surface area contributed by atoms with Crippen molar-refractivity contribution in [1.29, 1.82) is 0 Å². The summed E-state index contributed by atoms with van der Waals surface area (Å²) in [5.41, 5.74) is 1.48. The number of carbonyl (C=O) groups is 1. The van der Waals surface area contributed by atoms with Crippen molar-refractivity contribution in [3.63, 3.8) is 0 Å². The van der Waals surface area contributed by atoms with Crippen LogP contribution in [0.4, 0.5) is 5.69 Å². The molecule has 0 spiro atoms. The van der Waals surface area contributed by atoms with Gasteiger partial charge in [-0.3, -0.25) is 4.79 Å². The van der Waals surface area contributed by atoms with Gasteiger partial charge in [0.25, 0.3) is 5.91 Å². The highest BCUT2D eigenvalue weighted by atomic mass is 35.5. The fourth-order valence-corrected chi connectivity index (χ4v) is 2.47. The zero-order valence-electron chi connectivity index (χ0n) is 13.3. The van der Waals surface area contributed by atoms with Crippen LogP contribution in [0.5, 0.6) is 11.5 Å². The largest absolute Gasteiger partial charge is 0.486 e. The lowest BCUT2D eigenvalue weighted by atomic mass is 10.2. The highest BCUT2D eigenvalue weighted by molar-refractivity contribution is 6.34. The van der Waals surface area contributed by atoms with E-state index in [1.54, 1.807) is 19.1 Å². The molecule has 0 unspecified atom stereocenters. The quantitative estimate of drug-likeness (QED) is 0.896. The maximum atomic E-state index is 12.3. The standard InChI is InChI=1S/C18H18ClNO4/c1-12(24-11-13-5-3-2-4-6-13)18(21)20-15-10-17-16(9-14(15)19)22-7-8-23-17/h2-6,9-10,12H,7-8,11H2,1H3,(H,20,21)/t12-/m0/s1. The van der Waals surface area contributed by atoms with Gasteiger partial charge < -0.3 is 19.5 Å². The van der Waals surface area contributed by atoms with Crippen LogP contribution in [0.3, 0.4) is 0 Å². The second-order valence-electron chi connectivity index (χ2n) is 5.40. The first-order valence-electron chi connectivity index (χ1n) is 7.69. The average Bonchev–Trinajstić information content (AvgIpc) is 2.61. The van der Waals surface area contributed by atoms with E-state index in [4.69, 9.17) is 25.8 Å². The molecule has 24 heavy (non-hydrogen) atoms. The van der Waals surface area contributed by atoms with Gasteiger partial charge in [0.2, 0.25) is 0 Å². The van der Waals surface area contributed by atoms with Gasteiger partial charge in [0.05, 0.1) is 17.3 Å². The van der Waals surface area contributed by atoms with E-state index in [1.165, 1.54) is 0 Å². The first kappa shape index (κ1) is 16.6. The highest BCUT2D eigenvalue weighted by Gasteiger charge is 2.19. The molecule has 1 aliphatic rings. The number of ether oxygens (including phenoxy) is 3. The molecule has 5 nitrogen and oxygen atoms in total. The topological polar surface area (TPSA) is 56.8 Å². The SMILES string of the molecule is C[C@H](OCc1ccccc1)C(=O)Nc1cc2c(cc1Cl)OCCO2. The Morgan fingerprint density at radius 1 is 1.21 bits per heavy atom. The van der Waals surface area contributed by atoms with Crippen molar-refractivity contribution >= 4 is 23.2 Å². The number of halogens is 1. The molecule has 1 heterocycles. The summed E-state index contributed by atoms with van der Waals surface area (Å²) in [6.07, 6.45) is -0.616. The maximum absolute atomic E-state index is 12.3. The van der Waals surface area contributed by atoms with E-state index in [2.05, 4.69) is 5.32 Å². The third-order valence-corrected chi connectivity index (χ3v) is 3.91. The number of hydrogen-bond acceptors (Lipinski definition) is 4. The highest BCUT2D eigenvalue weighted by Crippen LogP contribution is 2.38. The summed E-state index contributed by atoms with van der Waals surface area (Å²) >= 11 is 6.19. The fourth-order valence-electron chi connectivity index (χ4n) is 2.27. The number of benzene rings is 2. The van der Waals surface area contributed by atoms with Crippen molar-refractivity contribution in [1.82, 2.24) is 0 Å². The molecule has 0 bridgehead atoms. The maximum Gasteiger partial charge on any atom is 0.253 e. The Balaban J connectivity index is 1.61. The molecule has 0 aromatic heterocycles. The molecule has 6 heteroatoms. The van der Waals surface area contributed by atoms with Crippen molar-refractivity contribution in [3.05, 3.63) is 53.1 Å². The smallest absolute Gasteiger partial charge is 0.253 e. The molecule has 2 aromatic carbocycles. The van der Waals surface area contributed by atoms with Crippen LogP contribution < -0.4 is 14.8 Å². The van der Waals surface area contributed by atoms with Crippen LogP contribution in [-0.4, -0.2) is 25.2 Å². The van der Waals surface area contributed by atoms with Crippen molar-refractivity contribution in [2.45, 2.75) is 19.6 Å². The van der Waals surface area contributed by atoms with Gasteiger partial charge in [0.1, 0.15) is 19.3 Å². The average molecular weight is 348 g/mol. The van der Waals surface area contributed by atoms with E-state index in [-0.39, 0.29) is 5.91 Å². The normalized spacial score (nSPS) is 14.1. The molecule has 3 rings (SSSR count). The molecule has 1 atom stereocenters. The van der Waals surface area contributed by atoms with Crippen LogP contribution in [0.25, 0.3) is 0 Å². The number of anilines is 1. The number of hydrogen-bond donors (Lipinski definition) is 1. The van der Waals surface area contributed by atoms with Gasteiger partial charge in [0.15, 0.2) is 11.5 Å². The zero-order valence-corrected chi connectivity index (χ0v) is 14.0. The number of carbonyl (C=O) groups excluding carboxylic acids is 1. The minimum Gasteiger partial charge on any atom is -0.486 e. The lowest BCUT2D eigenvalue weighted by Crippen LogP contribution is -2.28. The second-order valence-corrected chi connectivity index (χ2v) is 5.81. The summed E-state index contributed by atoms with van der Waals surface area (Å²) in [4.78, 5) is 12.3. The minimum absolute atomic E-state index is 0.274. The van der Waals surface area contributed by atoms with Crippen LogP contribution in [0, 0.1) is 0 Å². The van der Waals surface area contributed by atoms with E-state index in [9.17, 15) is 4.79 Å². The van der Waals surface area contributed by atoms with Gasteiger partial charge in [-0.25, -0.2) is 0 Å². The zero-order chi connectivity index (χ0) is 16.9. The molecule has 126 valence electrons. The van der Waals surface area contributed by atoms with Crippen molar-refractivity contribution < 1.29 is 19.0 Å². The Hall–Kier alpha value is -2.24. The second kappa shape index (κ2) is 7.55. The van der Waals surface area contributed by atoms with Gasteiger partial charge in [-0.15, -0.1) is 0 Å². The van der Waals surface area contributed by atoms with Gasteiger partial charge in [-0.05, 0) is 12.5 Å². The van der Waals surface area contributed by atoms with Gasteiger partial charge in [-0.1, -0.05) is 41.9 Å². The number of amides is 1. The fraction of sp³-hybridized carbons (Fsp3) is 0.278. The van der Waals surface area contributed by atoms with E-state index < -0.39 is 6.10 Å². The van der Waals surface area contributed by atoms with Crippen LogP contribution in [-0.2, 0) is 16.1 Å². The van der Waals surface area contributed by atoms with Crippen LogP contribution in [0.2, 0.25) is 5.02 Å². The number of nitrogens with one attached hydrogen (secondary N) is 1. The molecule has 1 N–H and O–H groups in total. The lowest BCUT2D eigenvalue weighted by molar-refractivity contribution is -0.127. The Kier molecular flexibility index (Phi) is 5.23. The molecule has 0 radical (unpaired) electrons. The van der Waals surface area contributed by atoms with E-state index in [0.717, 1.165) is 5.56 Å². The molecule has 1 aliphatic heterocycles. The van der Waals surface area contributed by atoms with Crippen molar-refractivity contribution in [2.24, 2.45) is 0 Å². The molecular weight excluding hydrogens is 330 g/mol. The van der Waals surface area contributed by atoms with Crippen molar-refractivity contribution in [3.8, 4) is 11.5 Å². The van der Waals surface area contributed by atoms with Crippen LogP contribution in [0.15, 0.2) is 42.5 Å². The molecule has 0 aliphatic carbocycles. The number of rotatable bonds is 5. The van der Waals surface area contributed by atoms with E-state index in [0.29, 0.717) is 42.0 Å². The third-order valence-electron chi connectivity index (χ3n) is 3.60. The summed E-state index contributed by atoms with van der Waals surface area (Å²) in [6, 6.07) is 13.0. The summed E-state index contributed by atoms with van der Waals surface area (Å²) in [5.74, 6) is 0.876. The Bertz CT molecular complexity index is 720. The van der Waals surface area contributed by atoms with Crippen LogP contribution in [0.1, 0.15) is 12.5 Å². The van der Waals surface area contributed by atoms with Crippen molar-refractivity contribution in [2.75, 3.05) is 18.5 Å². The Morgan fingerprint density at radius 2 is 1.88 bits per heavy atom. The molecule has 0 fully saturated rings. The first-order chi connectivity index (χ1) is 11.6. The Labute approximate surface area is 145 Å². The molecule has 2 aromatic rings. The molecule has 1 amide bonds. The predicted octanol–water partition coefficient (Wildman–Crippen LogP) is 3.66. The van der Waals surface area contributed by atoms with Crippen LogP contribution >= 0.6 is 11.6 Å². The summed E-state index contributed by atoms with van der Waals surface area (Å²) < 4.78 is 16.6. The summed E-state index contributed by atoms with van der Waals surface area (Å²) in [6.45, 7) is 3.02. The molecular formula is C18H18ClNO4. The van der Waals surface area contributed by atoms with Gasteiger partial charge >= 0.3 is 0 Å². The Morgan fingerprint density at radius 3 is 2.58 bits per heavy atom.